The van der Waals surface area contributed by atoms with Gasteiger partial charge in [0.15, 0.2) is 0 Å². The third-order valence-electron chi connectivity index (χ3n) is 5.60. The van der Waals surface area contributed by atoms with E-state index in [1.165, 1.54) is 19.3 Å². The Morgan fingerprint density at radius 1 is 0.930 bits per heavy atom. The van der Waals surface area contributed by atoms with Crippen molar-refractivity contribution in [1.29, 1.82) is 0 Å². The quantitative estimate of drug-likeness (QED) is 0.245. The number of hydrogen-bond donors (Lipinski definition) is 2. The summed E-state index contributed by atoms with van der Waals surface area (Å²) in [5, 5.41) is 7.25. The van der Waals surface area contributed by atoms with E-state index in [-0.39, 0.29) is 5.91 Å². The monoisotopic (exact) mass is 669 g/mol. The van der Waals surface area contributed by atoms with Gasteiger partial charge in [-0.05, 0) is 55.0 Å². The van der Waals surface area contributed by atoms with Crippen LogP contribution in [0.25, 0.3) is 0 Å². The Morgan fingerprint density at radius 2 is 1.60 bits per heavy atom. The molecule has 238 valence electrons. The molecular formula is C33H46Cl3N3O3S. The Morgan fingerprint density at radius 3 is 2.07 bits per heavy atom. The van der Waals surface area contributed by atoms with E-state index in [1.807, 2.05) is 27.7 Å². The number of benzene rings is 3. The van der Waals surface area contributed by atoms with Crippen molar-refractivity contribution in [2.75, 3.05) is 34.3 Å². The topological polar surface area (TPSA) is 78.5 Å². The molecule has 0 spiro atoms. The van der Waals surface area contributed by atoms with Gasteiger partial charge in [-0.1, -0.05) is 108 Å². The van der Waals surface area contributed by atoms with Crippen LogP contribution in [-0.2, 0) is 11.0 Å². The molecule has 1 atom stereocenters. The molecule has 0 radical (unpaired) electrons. The molecule has 3 aromatic rings. The fraction of sp³-hybridized carbons (Fsp3) is 0.394. The zero-order valence-electron chi connectivity index (χ0n) is 26.3. The van der Waals surface area contributed by atoms with Crippen LogP contribution in [0.3, 0.4) is 0 Å². The van der Waals surface area contributed by atoms with E-state index in [0.29, 0.717) is 37.6 Å². The summed E-state index contributed by atoms with van der Waals surface area (Å²) in [5.41, 5.74) is 3.07. The molecule has 1 unspecified atom stereocenters. The molecule has 1 saturated heterocycles. The maximum absolute atomic E-state index is 12.5. The minimum atomic E-state index is -1.02. The number of rotatable bonds is 7. The summed E-state index contributed by atoms with van der Waals surface area (Å²) >= 11 is 17.9. The number of carbonyl (C=O) groups excluding carboxylic acids is 2. The molecule has 4 rings (SSSR count). The predicted octanol–water partition coefficient (Wildman–Crippen LogP) is 10.6. The van der Waals surface area contributed by atoms with Crippen LogP contribution in [0.15, 0.2) is 60.7 Å². The van der Waals surface area contributed by atoms with Crippen LogP contribution >= 0.6 is 34.8 Å². The van der Waals surface area contributed by atoms with Crippen LogP contribution in [0, 0.1) is 0 Å². The number of nitrogens with zero attached hydrogens (tertiary/aromatic N) is 1. The average Bonchev–Trinajstić information content (AvgIpc) is 3.46. The number of amides is 1. The minimum Gasteiger partial charge on any atom is -0.387 e. The molecule has 1 amide bonds. The average molecular weight is 671 g/mol. The van der Waals surface area contributed by atoms with E-state index in [2.05, 4.69) is 24.5 Å². The summed E-state index contributed by atoms with van der Waals surface area (Å²) in [7, 11) is 0.735. The molecule has 1 fully saturated rings. The van der Waals surface area contributed by atoms with Crippen molar-refractivity contribution in [2.45, 2.75) is 67.2 Å². The van der Waals surface area contributed by atoms with Gasteiger partial charge in [0.25, 0.3) is 5.91 Å². The first-order valence-electron chi connectivity index (χ1n) is 14.7. The summed E-state index contributed by atoms with van der Waals surface area (Å²) in [6.07, 6.45) is 5.73. The highest BCUT2D eigenvalue weighted by molar-refractivity contribution is 7.86. The Kier molecular flexibility index (Phi) is 22.4. The summed E-state index contributed by atoms with van der Waals surface area (Å²) in [6.45, 7) is 13.2. The highest BCUT2D eigenvalue weighted by Gasteiger charge is 2.22. The summed E-state index contributed by atoms with van der Waals surface area (Å²) < 4.78 is 13.7. The van der Waals surface area contributed by atoms with Gasteiger partial charge in [0.2, 0.25) is 0 Å². The van der Waals surface area contributed by atoms with Crippen molar-refractivity contribution < 1.29 is 13.8 Å². The number of hydrogen-bond acceptors (Lipinski definition) is 4. The summed E-state index contributed by atoms with van der Waals surface area (Å²) in [5.74, 6) is 0.341. The Bertz CT molecular complexity index is 1270. The van der Waals surface area contributed by atoms with Crippen LogP contribution in [0.5, 0.6) is 0 Å². The highest BCUT2D eigenvalue weighted by Crippen LogP contribution is 2.29. The number of carbonyl (C=O) groups is 2. The molecule has 1 aliphatic rings. The van der Waals surface area contributed by atoms with E-state index >= 15 is 0 Å². The summed E-state index contributed by atoms with van der Waals surface area (Å²) in [4.78, 5) is 22.6. The molecule has 1 heterocycles. The lowest BCUT2D eigenvalue weighted by Crippen LogP contribution is -2.20. The van der Waals surface area contributed by atoms with Gasteiger partial charge < -0.3 is 10.6 Å². The first-order valence-corrected chi connectivity index (χ1v) is 17.1. The predicted molar refractivity (Wildman–Crippen MR) is 190 cm³/mol. The van der Waals surface area contributed by atoms with Crippen LogP contribution in [0.2, 0.25) is 15.1 Å². The Labute approximate surface area is 276 Å². The molecule has 0 aromatic heterocycles. The van der Waals surface area contributed by atoms with Gasteiger partial charge in [-0.25, -0.2) is 4.21 Å². The van der Waals surface area contributed by atoms with Crippen molar-refractivity contribution in [3.8, 4) is 0 Å². The lowest BCUT2D eigenvalue weighted by atomic mass is 10.1. The zero-order valence-corrected chi connectivity index (χ0v) is 29.4. The van der Waals surface area contributed by atoms with Crippen molar-refractivity contribution in [3.63, 3.8) is 0 Å². The molecule has 0 saturated carbocycles. The molecule has 0 aliphatic carbocycles. The largest absolute Gasteiger partial charge is 0.387 e. The molecule has 3 aromatic carbocycles. The standard InChI is InChI=1S/C17H17Cl2N3O2S.C7H5ClO.C5H12.2C2H6/c1-20-16-9-11(3-6-14(16)18)21-17(23)13-5-4-12(10-15(13)19)22-7-2-8-25(22)24;8-7-3-1-2-6(4-7)5-9;1-3-5-4-2;2*1-2/h3-6,9-10,20H,2,7-8H2,1H3,(H,21,23);1-5H;3-5H2,1-2H3;2*1-2H3. The van der Waals surface area contributed by atoms with Gasteiger partial charge in [0.05, 0.1) is 27.0 Å². The van der Waals surface area contributed by atoms with Gasteiger partial charge in [-0.3, -0.25) is 13.9 Å². The molecule has 43 heavy (non-hydrogen) atoms. The van der Waals surface area contributed by atoms with E-state index in [9.17, 15) is 13.8 Å². The third-order valence-corrected chi connectivity index (χ3v) is 8.00. The first kappa shape index (κ1) is 40.4. The van der Waals surface area contributed by atoms with E-state index in [0.717, 1.165) is 30.6 Å². The fourth-order valence-electron chi connectivity index (χ4n) is 3.56. The van der Waals surface area contributed by atoms with Crippen molar-refractivity contribution >= 4 is 75.0 Å². The second-order valence-corrected chi connectivity index (χ2v) is 11.3. The lowest BCUT2D eigenvalue weighted by Gasteiger charge is -2.17. The second-order valence-electron chi connectivity index (χ2n) is 8.57. The van der Waals surface area contributed by atoms with Gasteiger partial charge in [-0.2, -0.15) is 0 Å². The Balaban J connectivity index is 0.000000806. The first-order chi connectivity index (χ1) is 20.7. The van der Waals surface area contributed by atoms with Crippen LogP contribution in [0.1, 0.15) is 87.9 Å². The highest BCUT2D eigenvalue weighted by atomic mass is 35.5. The summed E-state index contributed by atoms with van der Waals surface area (Å²) in [6, 6.07) is 17.1. The molecule has 2 N–H and O–H groups in total. The van der Waals surface area contributed by atoms with Crippen molar-refractivity contribution in [1.82, 2.24) is 0 Å². The van der Waals surface area contributed by atoms with E-state index in [1.54, 1.807) is 72.0 Å². The lowest BCUT2D eigenvalue weighted by molar-refractivity contribution is 0.102. The Hall–Kier alpha value is -2.58. The van der Waals surface area contributed by atoms with Gasteiger partial charge in [-0.15, -0.1) is 0 Å². The number of nitrogens with one attached hydrogen (secondary N) is 2. The zero-order chi connectivity index (χ0) is 32.8. The van der Waals surface area contributed by atoms with Crippen LogP contribution in [-0.4, -0.2) is 35.7 Å². The molecule has 0 bridgehead atoms. The van der Waals surface area contributed by atoms with E-state index in [4.69, 9.17) is 34.8 Å². The van der Waals surface area contributed by atoms with Gasteiger partial charge >= 0.3 is 0 Å². The minimum absolute atomic E-state index is 0.316. The van der Waals surface area contributed by atoms with Crippen LogP contribution < -0.4 is 14.9 Å². The van der Waals surface area contributed by atoms with Crippen molar-refractivity contribution in [3.05, 3.63) is 86.9 Å². The molecule has 1 aliphatic heterocycles. The molecule has 6 nitrogen and oxygen atoms in total. The maximum atomic E-state index is 12.5. The second kappa shape index (κ2) is 23.8. The van der Waals surface area contributed by atoms with Gasteiger partial charge in [0, 0.05) is 35.6 Å². The maximum Gasteiger partial charge on any atom is 0.257 e. The smallest absolute Gasteiger partial charge is 0.257 e. The van der Waals surface area contributed by atoms with Gasteiger partial charge in [0.1, 0.15) is 17.3 Å². The number of aldehydes is 1. The number of unbranched alkanes of at least 4 members (excludes halogenated alkanes) is 2. The fourth-order valence-corrected chi connectivity index (χ4v) is 5.51. The molecular weight excluding hydrogens is 625 g/mol. The number of halogens is 3. The van der Waals surface area contributed by atoms with Crippen LogP contribution in [0.4, 0.5) is 17.1 Å². The molecule has 10 heteroatoms. The SMILES string of the molecule is CC.CC.CCCCC.CNc1cc(NC(=O)c2ccc(N3CCCS3=O)cc2Cl)ccc1Cl.O=Cc1cccc(Cl)c1. The van der Waals surface area contributed by atoms with E-state index < -0.39 is 11.0 Å². The normalized spacial score (nSPS) is 12.9. The third kappa shape index (κ3) is 14.6. The number of anilines is 3. The van der Waals surface area contributed by atoms with Crippen molar-refractivity contribution in [2.24, 2.45) is 0 Å².